The second-order valence-corrected chi connectivity index (χ2v) is 5.36. The summed E-state index contributed by atoms with van der Waals surface area (Å²) in [5.74, 6) is 0. The Morgan fingerprint density at radius 1 is 1.00 bits per heavy atom. The average molecular weight is 278 g/mol. The summed E-state index contributed by atoms with van der Waals surface area (Å²) in [5, 5.41) is 0. The van der Waals surface area contributed by atoms with Crippen LogP contribution in [-0.2, 0) is 9.84 Å². The molecule has 3 heteroatoms. The van der Waals surface area contributed by atoms with E-state index in [0.29, 0.717) is 9.80 Å². The summed E-state index contributed by atoms with van der Waals surface area (Å²) in [4.78, 5) is 0.609. The number of hydrogen-bond acceptors (Lipinski definition) is 2. The van der Waals surface area contributed by atoms with Gasteiger partial charge in [0.1, 0.15) is 0 Å². The van der Waals surface area contributed by atoms with Crippen LogP contribution >= 0.6 is 0 Å². The minimum absolute atomic E-state index is 0.296. The van der Waals surface area contributed by atoms with Crippen molar-refractivity contribution in [3.8, 4) is 0 Å². The molecule has 0 N–H and O–H groups in total. The Morgan fingerprint density at radius 3 is 2.05 bits per heavy atom. The fourth-order valence-corrected chi connectivity index (χ4v) is 2.69. The van der Waals surface area contributed by atoms with Gasteiger partial charge in [0.05, 0.1) is 9.80 Å². The van der Waals surface area contributed by atoms with Gasteiger partial charge in [0.15, 0.2) is 0 Å². The van der Waals surface area contributed by atoms with Crippen molar-refractivity contribution in [1.29, 1.82) is 0 Å². The van der Waals surface area contributed by atoms with Crippen molar-refractivity contribution in [1.82, 2.24) is 0 Å². The molecular formula is C16H22O2S. The molecule has 0 atom stereocenters. The predicted molar refractivity (Wildman–Crippen MR) is 82.7 cm³/mol. The van der Waals surface area contributed by atoms with Crippen LogP contribution < -0.4 is 0 Å². The fourth-order valence-electron chi connectivity index (χ4n) is 1.33. The maximum absolute atomic E-state index is 12.3. The predicted octanol–water partition coefficient (Wildman–Crippen LogP) is 4.52. The summed E-state index contributed by atoms with van der Waals surface area (Å²) in [6.07, 6.45) is 8.43. The lowest BCUT2D eigenvalue weighted by molar-refractivity contribution is 0.603. The van der Waals surface area contributed by atoms with Crippen LogP contribution in [0.5, 0.6) is 0 Å². The molecule has 0 bridgehead atoms. The number of sulfone groups is 1. The zero-order valence-electron chi connectivity index (χ0n) is 12.0. The molecule has 0 aliphatic heterocycles. The second-order valence-electron chi connectivity index (χ2n) is 3.41. The Morgan fingerprint density at radius 2 is 1.58 bits per heavy atom. The Hall–Kier alpha value is -1.61. The van der Waals surface area contributed by atoms with Crippen LogP contribution in [0.2, 0.25) is 0 Å². The van der Waals surface area contributed by atoms with E-state index in [9.17, 15) is 8.42 Å². The average Bonchev–Trinajstić information content (AvgIpc) is 2.46. The van der Waals surface area contributed by atoms with Crippen LogP contribution in [-0.4, -0.2) is 8.42 Å². The third-order valence-electron chi connectivity index (χ3n) is 2.15. The summed E-state index contributed by atoms with van der Waals surface area (Å²) in [6.45, 7) is 7.64. The summed E-state index contributed by atoms with van der Waals surface area (Å²) in [5.41, 5.74) is 0. The zero-order valence-corrected chi connectivity index (χ0v) is 12.8. The lowest BCUT2D eigenvalue weighted by atomic mass is 10.4. The van der Waals surface area contributed by atoms with Gasteiger partial charge in [-0.2, -0.15) is 0 Å². The molecule has 0 radical (unpaired) electrons. The maximum Gasteiger partial charge on any atom is 0.206 e. The highest BCUT2D eigenvalue weighted by Crippen LogP contribution is 2.19. The van der Waals surface area contributed by atoms with Crippen molar-refractivity contribution in [2.24, 2.45) is 0 Å². The highest BCUT2D eigenvalue weighted by Gasteiger charge is 2.17. The SMILES string of the molecule is CC.C\C=C/C=C(\C=C/C)S(=O)(=O)c1ccccc1. The van der Waals surface area contributed by atoms with Crippen LogP contribution in [0.15, 0.2) is 70.5 Å². The summed E-state index contributed by atoms with van der Waals surface area (Å²) in [7, 11) is -3.41. The van der Waals surface area contributed by atoms with Crippen molar-refractivity contribution in [3.05, 3.63) is 65.6 Å². The molecule has 104 valence electrons. The molecule has 19 heavy (non-hydrogen) atoms. The van der Waals surface area contributed by atoms with Crippen LogP contribution in [0, 0.1) is 0 Å². The van der Waals surface area contributed by atoms with Crippen molar-refractivity contribution >= 4 is 9.84 Å². The van der Waals surface area contributed by atoms with Gasteiger partial charge >= 0.3 is 0 Å². The van der Waals surface area contributed by atoms with Crippen LogP contribution in [0.1, 0.15) is 27.7 Å². The van der Waals surface area contributed by atoms with E-state index in [0.717, 1.165) is 0 Å². The van der Waals surface area contributed by atoms with E-state index in [1.54, 1.807) is 67.6 Å². The first-order valence-corrected chi connectivity index (χ1v) is 7.87. The van der Waals surface area contributed by atoms with Crippen LogP contribution in [0.3, 0.4) is 0 Å². The lowest BCUT2D eigenvalue weighted by Crippen LogP contribution is -2.02. The van der Waals surface area contributed by atoms with Gasteiger partial charge in [0.25, 0.3) is 0 Å². The van der Waals surface area contributed by atoms with E-state index >= 15 is 0 Å². The molecule has 1 rings (SSSR count). The quantitative estimate of drug-likeness (QED) is 0.759. The Labute approximate surface area is 117 Å². The molecule has 0 heterocycles. The smallest absolute Gasteiger partial charge is 0.206 e. The van der Waals surface area contributed by atoms with E-state index < -0.39 is 9.84 Å². The van der Waals surface area contributed by atoms with Crippen LogP contribution in [0.4, 0.5) is 0 Å². The monoisotopic (exact) mass is 278 g/mol. The van der Waals surface area contributed by atoms with Gasteiger partial charge < -0.3 is 0 Å². The van der Waals surface area contributed by atoms with Gasteiger partial charge in [-0.1, -0.05) is 50.3 Å². The van der Waals surface area contributed by atoms with Gasteiger partial charge in [-0.15, -0.1) is 0 Å². The number of allylic oxidation sites excluding steroid dienone is 5. The first-order chi connectivity index (χ1) is 9.12. The van der Waals surface area contributed by atoms with E-state index in [1.165, 1.54) is 0 Å². The third-order valence-corrected chi connectivity index (χ3v) is 3.93. The topological polar surface area (TPSA) is 34.1 Å². The molecule has 0 saturated carbocycles. The minimum Gasteiger partial charge on any atom is -0.219 e. The molecule has 2 nitrogen and oxygen atoms in total. The number of benzene rings is 1. The molecule has 0 amide bonds. The van der Waals surface area contributed by atoms with Gasteiger partial charge in [-0.25, -0.2) is 8.42 Å². The first-order valence-electron chi connectivity index (χ1n) is 6.38. The summed E-state index contributed by atoms with van der Waals surface area (Å²) in [6, 6.07) is 8.43. The molecule has 0 fully saturated rings. The molecule has 1 aromatic rings. The number of hydrogen-bond donors (Lipinski definition) is 0. The van der Waals surface area contributed by atoms with Gasteiger partial charge in [0.2, 0.25) is 9.84 Å². The Kier molecular flexibility index (Phi) is 8.55. The van der Waals surface area contributed by atoms with Crippen molar-refractivity contribution in [2.45, 2.75) is 32.6 Å². The van der Waals surface area contributed by atoms with Gasteiger partial charge in [0, 0.05) is 0 Å². The van der Waals surface area contributed by atoms with E-state index in [-0.39, 0.29) is 0 Å². The Bertz CT molecular complexity index is 535. The molecule has 0 saturated heterocycles. The molecule has 0 aliphatic rings. The highest BCUT2D eigenvalue weighted by atomic mass is 32.2. The lowest BCUT2D eigenvalue weighted by Gasteiger charge is -2.04. The molecule has 0 unspecified atom stereocenters. The normalized spacial score (nSPS) is 12.5. The summed E-state index contributed by atoms with van der Waals surface area (Å²) < 4.78 is 24.5. The largest absolute Gasteiger partial charge is 0.219 e. The van der Waals surface area contributed by atoms with Crippen molar-refractivity contribution in [3.63, 3.8) is 0 Å². The molecule has 1 aromatic carbocycles. The number of rotatable bonds is 4. The second kappa shape index (κ2) is 9.34. The zero-order chi connectivity index (χ0) is 14.7. The van der Waals surface area contributed by atoms with Crippen molar-refractivity contribution < 1.29 is 8.42 Å². The third kappa shape index (κ3) is 5.26. The maximum atomic E-state index is 12.3. The highest BCUT2D eigenvalue weighted by molar-refractivity contribution is 7.95. The molecule has 0 aliphatic carbocycles. The summed E-state index contributed by atoms with van der Waals surface area (Å²) >= 11 is 0. The van der Waals surface area contributed by atoms with E-state index in [1.807, 2.05) is 20.8 Å². The van der Waals surface area contributed by atoms with Gasteiger partial charge in [-0.05, 0) is 38.1 Å². The van der Waals surface area contributed by atoms with Crippen LogP contribution in [0.25, 0.3) is 0 Å². The minimum atomic E-state index is -3.41. The fraction of sp³-hybridized carbons (Fsp3) is 0.250. The molecular weight excluding hydrogens is 256 g/mol. The van der Waals surface area contributed by atoms with Gasteiger partial charge in [-0.3, -0.25) is 0 Å². The standard InChI is InChI=1S/C14H16O2S.C2H6/c1-3-5-10-13(9-4-2)17(15,16)14-11-7-6-8-12-14;1-2/h3-12H,1-2H3;1-2H3/b5-3-,9-4-,13-10+;. The molecule has 0 spiro atoms. The van der Waals surface area contributed by atoms with E-state index in [2.05, 4.69) is 0 Å². The first kappa shape index (κ1) is 17.4. The molecule has 0 aromatic heterocycles. The van der Waals surface area contributed by atoms with E-state index in [4.69, 9.17) is 0 Å². The Balaban J connectivity index is 0.00000154. The van der Waals surface area contributed by atoms with Crippen molar-refractivity contribution in [2.75, 3.05) is 0 Å².